The van der Waals surface area contributed by atoms with Gasteiger partial charge in [-0.3, -0.25) is 4.68 Å². The van der Waals surface area contributed by atoms with Gasteiger partial charge in [0.25, 0.3) is 0 Å². The van der Waals surface area contributed by atoms with Gasteiger partial charge in [-0.2, -0.15) is 5.10 Å². The van der Waals surface area contributed by atoms with Crippen LogP contribution in [0.25, 0.3) is 0 Å². The Hall–Kier alpha value is -1.03. The number of ether oxygens (including phenoxy) is 1. The highest BCUT2D eigenvalue weighted by atomic mass is 16.5. The van der Waals surface area contributed by atoms with Crippen molar-refractivity contribution in [3.8, 4) is 5.75 Å². The van der Waals surface area contributed by atoms with Gasteiger partial charge in [0.15, 0.2) is 5.75 Å². The monoisotopic (exact) mass is 265 g/mol. The largest absolute Gasteiger partial charge is 0.493 e. The first-order chi connectivity index (χ1) is 9.15. The van der Waals surface area contributed by atoms with Gasteiger partial charge < -0.3 is 10.1 Å². The summed E-state index contributed by atoms with van der Waals surface area (Å²) in [7, 11) is 1.74. The van der Waals surface area contributed by atoms with Crippen LogP contribution in [0.1, 0.15) is 52.1 Å². The predicted molar refractivity (Wildman–Crippen MR) is 77.4 cm³/mol. The van der Waals surface area contributed by atoms with Crippen molar-refractivity contribution >= 4 is 0 Å². The highest BCUT2D eigenvalue weighted by Gasteiger charge is 2.41. The molecule has 2 heterocycles. The van der Waals surface area contributed by atoms with Gasteiger partial charge in [0, 0.05) is 6.54 Å². The summed E-state index contributed by atoms with van der Waals surface area (Å²) in [6.45, 7) is 8.70. The van der Waals surface area contributed by atoms with Crippen molar-refractivity contribution in [2.45, 2.75) is 58.5 Å². The fourth-order valence-corrected chi connectivity index (χ4v) is 3.28. The smallest absolute Gasteiger partial charge is 0.161 e. The number of nitrogens with zero attached hydrogens (tertiary/aromatic N) is 2. The van der Waals surface area contributed by atoms with Gasteiger partial charge in [0.05, 0.1) is 18.8 Å². The topological polar surface area (TPSA) is 39.1 Å². The van der Waals surface area contributed by atoms with Gasteiger partial charge in [-0.05, 0) is 32.2 Å². The first-order valence-electron chi connectivity index (χ1n) is 7.51. The molecule has 1 N–H and O–H groups in total. The molecule has 1 aliphatic rings. The average Bonchev–Trinajstić information content (AvgIpc) is 2.67. The number of rotatable bonds is 4. The van der Waals surface area contributed by atoms with E-state index in [1.165, 1.54) is 25.0 Å². The van der Waals surface area contributed by atoms with E-state index in [0.717, 1.165) is 25.3 Å². The number of nitrogens with one attached hydrogen (secondary N) is 1. The van der Waals surface area contributed by atoms with Gasteiger partial charge in [0.1, 0.15) is 5.69 Å². The highest BCUT2D eigenvalue weighted by Crippen LogP contribution is 2.41. The Balaban J connectivity index is 2.51. The van der Waals surface area contributed by atoms with Gasteiger partial charge in [-0.1, -0.05) is 26.7 Å². The summed E-state index contributed by atoms with van der Waals surface area (Å²) < 4.78 is 7.67. The Morgan fingerprint density at radius 3 is 2.84 bits per heavy atom. The molecule has 1 aromatic heterocycles. The van der Waals surface area contributed by atoms with Gasteiger partial charge in [-0.25, -0.2) is 0 Å². The second kappa shape index (κ2) is 5.95. The van der Waals surface area contributed by atoms with E-state index >= 15 is 0 Å². The molecule has 0 radical (unpaired) electrons. The van der Waals surface area contributed by atoms with Crippen LogP contribution in [0.2, 0.25) is 0 Å². The maximum absolute atomic E-state index is 5.57. The summed E-state index contributed by atoms with van der Waals surface area (Å²) >= 11 is 0. The molecule has 108 valence electrons. The molecule has 19 heavy (non-hydrogen) atoms. The summed E-state index contributed by atoms with van der Waals surface area (Å²) in [5, 5.41) is 8.30. The maximum Gasteiger partial charge on any atom is 0.161 e. The normalized spacial score (nSPS) is 24.5. The van der Waals surface area contributed by atoms with Crippen LogP contribution in [-0.4, -0.2) is 23.4 Å². The van der Waals surface area contributed by atoms with Crippen LogP contribution in [0.5, 0.6) is 5.75 Å². The number of methoxy groups -OCH3 is 1. The van der Waals surface area contributed by atoms with E-state index in [4.69, 9.17) is 4.74 Å². The molecule has 0 aliphatic carbocycles. The Labute approximate surface area is 116 Å². The lowest BCUT2D eigenvalue weighted by molar-refractivity contribution is 0.206. The van der Waals surface area contributed by atoms with Crippen molar-refractivity contribution in [3.63, 3.8) is 0 Å². The zero-order valence-corrected chi connectivity index (χ0v) is 12.7. The molecule has 1 aliphatic heterocycles. The SMILES string of the molecule is CCn1ncc(OC)c1C1(C(C)C)CCCCCN1. The molecule has 4 nitrogen and oxygen atoms in total. The zero-order valence-electron chi connectivity index (χ0n) is 12.7. The summed E-state index contributed by atoms with van der Waals surface area (Å²) in [5.74, 6) is 1.44. The number of hydrogen-bond acceptors (Lipinski definition) is 3. The molecule has 1 atom stereocenters. The van der Waals surface area contributed by atoms with E-state index in [2.05, 4.69) is 35.9 Å². The van der Waals surface area contributed by atoms with Gasteiger partial charge >= 0.3 is 0 Å². The molecule has 1 aromatic rings. The third-order valence-electron chi connectivity index (χ3n) is 4.42. The quantitative estimate of drug-likeness (QED) is 0.909. The van der Waals surface area contributed by atoms with Crippen LogP contribution in [0.4, 0.5) is 0 Å². The van der Waals surface area contributed by atoms with E-state index in [0.29, 0.717) is 5.92 Å². The van der Waals surface area contributed by atoms with Gasteiger partial charge in [0.2, 0.25) is 0 Å². The van der Waals surface area contributed by atoms with E-state index in [1.807, 2.05) is 6.20 Å². The van der Waals surface area contributed by atoms with Crippen molar-refractivity contribution in [2.75, 3.05) is 13.7 Å². The molecule has 0 bridgehead atoms. The Kier molecular flexibility index (Phi) is 4.50. The molecular formula is C15H27N3O. The van der Waals surface area contributed by atoms with E-state index in [-0.39, 0.29) is 5.54 Å². The second-order valence-electron chi connectivity index (χ2n) is 5.74. The second-order valence-corrected chi connectivity index (χ2v) is 5.74. The predicted octanol–water partition coefficient (Wildman–Crippen LogP) is 2.93. The van der Waals surface area contributed by atoms with Gasteiger partial charge in [-0.15, -0.1) is 0 Å². The van der Waals surface area contributed by atoms with Crippen LogP contribution in [-0.2, 0) is 12.1 Å². The van der Waals surface area contributed by atoms with Crippen LogP contribution in [0.15, 0.2) is 6.20 Å². The Morgan fingerprint density at radius 2 is 2.21 bits per heavy atom. The van der Waals surface area contributed by atoms with E-state index < -0.39 is 0 Å². The van der Waals surface area contributed by atoms with Crippen molar-refractivity contribution < 1.29 is 4.74 Å². The zero-order chi connectivity index (χ0) is 13.9. The first-order valence-corrected chi connectivity index (χ1v) is 7.51. The van der Waals surface area contributed by atoms with Crippen molar-refractivity contribution in [1.82, 2.24) is 15.1 Å². The number of hydrogen-bond donors (Lipinski definition) is 1. The van der Waals surface area contributed by atoms with Crippen molar-refractivity contribution in [1.29, 1.82) is 0 Å². The molecule has 0 aromatic carbocycles. The lowest BCUT2D eigenvalue weighted by atomic mass is 9.79. The number of aromatic nitrogens is 2. The number of aryl methyl sites for hydroxylation is 1. The third kappa shape index (κ3) is 2.50. The van der Waals surface area contributed by atoms with Crippen molar-refractivity contribution in [2.24, 2.45) is 5.92 Å². The molecule has 4 heteroatoms. The molecule has 2 rings (SSSR count). The molecule has 0 spiro atoms. The molecule has 0 amide bonds. The lowest BCUT2D eigenvalue weighted by Crippen LogP contribution is -2.48. The highest BCUT2D eigenvalue weighted by molar-refractivity contribution is 5.33. The maximum atomic E-state index is 5.57. The van der Waals surface area contributed by atoms with Crippen molar-refractivity contribution in [3.05, 3.63) is 11.9 Å². The van der Waals surface area contributed by atoms with E-state index in [1.54, 1.807) is 7.11 Å². The first kappa shape index (κ1) is 14.4. The molecular weight excluding hydrogens is 238 g/mol. The van der Waals surface area contributed by atoms with Crippen LogP contribution in [0.3, 0.4) is 0 Å². The molecule has 0 saturated carbocycles. The van der Waals surface area contributed by atoms with E-state index in [9.17, 15) is 0 Å². The third-order valence-corrected chi connectivity index (χ3v) is 4.42. The Morgan fingerprint density at radius 1 is 1.42 bits per heavy atom. The molecule has 1 unspecified atom stereocenters. The molecule has 1 saturated heterocycles. The summed E-state index contributed by atoms with van der Waals surface area (Å²) in [6, 6.07) is 0. The fraction of sp³-hybridized carbons (Fsp3) is 0.800. The minimum atomic E-state index is -0.00560. The minimum Gasteiger partial charge on any atom is -0.493 e. The molecule has 1 fully saturated rings. The average molecular weight is 265 g/mol. The summed E-state index contributed by atoms with van der Waals surface area (Å²) in [4.78, 5) is 0. The minimum absolute atomic E-state index is 0.00560. The lowest BCUT2D eigenvalue weighted by Gasteiger charge is -2.38. The van der Waals surface area contributed by atoms with Crippen LogP contribution < -0.4 is 10.1 Å². The Bertz CT molecular complexity index is 382. The summed E-state index contributed by atoms with van der Waals surface area (Å²) in [5.41, 5.74) is 1.23. The summed E-state index contributed by atoms with van der Waals surface area (Å²) in [6.07, 6.45) is 6.85. The standard InChI is InChI=1S/C15H27N3O/c1-5-18-14(13(19-4)11-17-18)15(12(2)3)9-7-6-8-10-16-15/h11-12,16H,5-10H2,1-4H3. The van der Waals surface area contributed by atoms with Crippen LogP contribution in [0, 0.1) is 5.92 Å². The van der Waals surface area contributed by atoms with Crippen LogP contribution >= 0.6 is 0 Å². The fourth-order valence-electron chi connectivity index (χ4n) is 3.28.